The van der Waals surface area contributed by atoms with Crippen molar-refractivity contribution in [1.82, 2.24) is 19.7 Å². The maximum atomic E-state index is 12.3. The molecule has 1 aromatic carbocycles. The number of hydrogen-bond acceptors (Lipinski definition) is 4. The molecular formula is C20H15ClN4O2. The van der Waals surface area contributed by atoms with Gasteiger partial charge in [-0.05, 0) is 13.0 Å². The first-order valence-corrected chi connectivity index (χ1v) is 8.77. The highest BCUT2D eigenvalue weighted by atomic mass is 35.5. The minimum absolute atomic E-state index is 0.105. The summed E-state index contributed by atoms with van der Waals surface area (Å²) in [6, 6.07) is 11.0. The van der Waals surface area contributed by atoms with Crippen LogP contribution in [0.4, 0.5) is 0 Å². The van der Waals surface area contributed by atoms with Crippen LogP contribution >= 0.6 is 11.6 Å². The maximum Gasteiger partial charge on any atom is 0.338 e. The fourth-order valence-corrected chi connectivity index (χ4v) is 3.35. The quantitative estimate of drug-likeness (QED) is 0.564. The second-order valence-corrected chi connectivity index (χ2v) is 6.41. The van der Waals surface area contributed by atoms with Gasteiger partial charge < -0.3 is 5.11 Å². The zero-order chi connectivity index (χ0) is 19.0. The van der Waals surface area contributed by atoms with Crippen LogP contribution in [0, 0.1) is 0 Å². The second kappa shape index (κ2) is 6.81. The predicted octanol–water partition coefficient (Wildman–Crippen LogP) is 4.53. The summed E-state index contributed by atoms with van der Waals surface area (Å²) in [5, 5.41) is 15.5. The molecule has 7 heteroatoms. The number of aryl methyl sites for hydroxylation is 1. The number of pyridine rings is 2. The van der Waals surface area contributed by atoms with E-state index in [9.17, 15) is 9.90 Å². The van der Waals surface area contributed by atoms with Crippen molar-refractivity contribution in [2.45, 2.75) is 13.5 Å². The molecule has 0 fully saturated rings. The predicted molar refractivity (Wildman–Crippen MR) is 104 cm³/mol. The summed E-state index contributed by atoms with van der Waals surface area (Å²) in [7, 11) is 0. The summed E-state index contributed by atoms with van der Waals surface area (Å²) in [5.74, 6) is -1.07. The Kier molecular flexibility index (Phi) is 4.33. The zero-order valence-corrected chi connectivity index (χ0v) is 15.2. The first-order chi connectivity index (χ1) is 13.1. The van der Waals surface area contributed by atoms with Gasteiger partial charge in [-0.1, -0.05) is 41.9 Å². The van der Waals surface area contributed by atoms with E-state index in [-0.39, 0.29) is 5.56 Å². The topological polar surface area (TPSA) is 80.9 Å². The Hall–Kier alpha value is -3.25. The minimum atomic E-state index is -1.07. The highest BCUT2D eigenvalue weighted by molar-refractivity contribution is 6.30. The SMILES string of the molecule is CCn1ncc2c(-c3cncc(Cl)c3)c(C(=O)O)c(-c3ccccc3)nc21. The van der Waals surface area contributed by atoms with Gasteiger partial charge >= 0.3 is 5.97 Å². The van der Waals surface area contributed by atoms with Gasteiger partial charge in [-0.15, -0.1) is 0 Å². The smallest absolute Gasteiger partial charge is 0.338 e. The van der Waals surface area contributed by atoms with Crippen molar-refractivity contribution in [3.8, 4) is 22.4 Å². The molecule has 4 aromatic rings. The minimum Gasteiger partial charge on any atom is -0.478 e. The average Bonchev–Trinajstić information content (AvgIpc) is 3.09. The van der Waals surface area contributed by atoms with Gasteiger partial charge in [0.2, 0.25) is 0 Å². The van der Waals surface area contributed by atoms with Gasteiger partial charge in [-0.3, -0.25) is 4.98 Å². The third-order valence-corrected chi connectivity index (χ3v) is 4.55. The van der Waals surface area contributed by atoms with Crippen molar-refractivity contribution in [2.24, 2.45) is 0 Å². The molecule has 3 aromatic heterocycles. The van der Waals surface area contributed by atoms with Gasteiger partial charge in [-0.2, -0.15) is 5.10 Å². The number of carbonyl (C=O) groups is 1. The van der Waals surface area contributed by atoms with E-state index >= 15 is 0 Å². The number of hydrogen-bond donors (Lipinski definition) is 1. The second-order valence-electron chi connectivity index (χ2n) is 5.97. The lowest BCUT2D eigenvalue weighted by Gasteiger charge is -2.14. The van der Waals surface area contributed by atoms with Gasteiger partial charge in [-0.25, -0.2) is 14.5 Å². The van der Waals surface area contributed by atoms with E-state index in [1.165, 1.54) is 6.20 Å². The van der Waals surface area contributed by atoms with Crippen molar-refractivity contribution in [3.63, 3.8) is 0 Å². The normalized spacial score (nSPS) is 11.0. The third kappa shape index (κ3) is 2.94. The number of aromatic nitrogens is 4. The van der Waals surface area contributed by atoms with E-state index in [1.54, 1.807) is 23.1 Å². The fourth-order valence-electron chi connectivity index (χ4n) is 3.18. The molecule has 1 N–H and O–H groups in total. The Morgan fingerprint density at radius 1 is 1.15 bits per heavy atom. The van der Waals surface area contributed by atoms with E-state index in [2.05, 4.69) is 15.1 Å². The van der Waals surface area contributed by atoms with Crippen LogP contribution in [0.25, 0.3) is 33.4 Å². The lowest BCUT2D eigenvalue weighted by molar-refractivity contribution is 0.0698. The van der Waals surface area contributed by atoms with Crippen LogP contribution in [0.15, 0.2) is 55.0 Å². The van der Waals surface area contributed by atoms with Crippen molar-refractivity contribution in [3.05, 3.63) is 65.6 Å². The molecule has 0 aliphatic heterocycles. The number of carboxylic acids is 1. The van der Waals surface area contributed by atoms with Gasteiger partial charge in [0.15, 0.2) is 5.65 Å². The van der Waals surface area contributed by atoms with Crippen LogP contribution in [0.3, 0.4) is 0 Å². The number of nitrogens with zero attached hydrogens (tertiary/aromatic N) is 4. The molecule has 0 aliphatic carbocycles. The molecule has 0 saturated heterocycles. The van der Waals surface area contributed by atoms with E-state index in [0.717, 1.165) is 5.56 Å². The molecule has 0 bridgehead atoms. The first kappa shape index (κ1) is 17.2. The number of rotatable bonds is 4. The van der Waals surface area contributed by atoms with Crippen LogP contribution in [0.1, 0.15) is 17.3 Å². The van der Waals surface area contributed by atoms with Gasteiger partial charge in [0, 0.05) is 41.0 Å². The Morgan fingerprint density at radius 2 is 1.93 bits per heavy atom. The molecule has 0 amide bonds. The number of fused-ring (bicyclic) bond motifs is 1. The van der Waals surface area contributed by atoms with Crippen LogP contribution in [-0.2, 0) is 6.54 Å². The number of carboxylic acid groups (broad SMARTS) is 1. The van der Waals surface area contributed by atoms with Crippen molar-refractivity contribution in [1.29, 1.82) is 0 Å². The van der Waals surface area contributed by atoms with Crippen molar-refractivity contribution >= 4 is 28.6 Å². The Balaban J connectivity index is 2.18. The van der Waals surface area contributed by atoms with Gasteiger partial charge in [0.05, 0.1) is 22.5 Å². The zero-order valence-electron chi connectivity index (χ0n) is 14.4. The van der Waals surface area contributed by atoms with E-state index in [4.69, 9.17) is 11.6 Å². The number of benzene rings is 1. The summed E-state index contributed by atoms with van der Waals surface area (Å²) >= 11 is 6.12. The molecule has 0 saturated carbocycles. The van der Waals surface area contributed by atoms with Crippen LogP contribution in [-0.4, -0.2) is 30.8 Å². The third-order valence-electron chi connectivity index (χ3n) is 4.34. The van der Waals surface area contributed by atoms with E-state index < -0.39 is 5.97 Å². The average molecular weight is 379 g/mol. The fraction of sp³-hybridized carbons (Fsp3) is 0.100. The van der Waals surface area contributed by atoms with Crippen LogP contribution in [0.2, 0.25) is 5.02 Å². The monoisotopic (exact) mass is 378 g/mol. The van der Waals surface area contributed by atoms with Crippen molar-refractivity contribution < 1.29 is 9.90 Å². The molecular weight excluding hydrogens is 364 g/mol. The Morgan fingerprint density at radius 3 is 2.59 bits per heavy atom. The highest BCUT2D eigenvalue weighted by Crippen LogP contribution is 2.37. The molecule has 134 valence electrons. The molecule has 0 unspecified atom stereocenters. The van der Waals surface area contributed by atoms with Gasteiger partial charge in [0.25, 0.3) is 0 Å². The summed E-state index contributed by atoms with van der Waals surface area (Å²) in [5.41, 5.74) is 2.96. The van der Waals surface area contributed by atoms with E-state index in [0.29, 0.717) is 39.4 Å². The molecule has 0 radical (unpaired) electrons. The lowest BCUT2D eigenvalue weighted by atomic mass is 9.94. The maximum absolute atomic E-state index is 12.3. The van der Waals surface area contributed by atoms with Crippen LogP contribution in [0.5, 0.6) is 0 Å². The summed E-state index contributed by atoms with van der Waals surface area (Å²) in [6.45, 7) is 2.58. The number of aromatic carboxylic acids is 1. The summed E-state index contributed by atoms with van der Waals surface area (Å²) in [6.07, 6.45) is 4.76. The van der Waals surface area contributed by atoms with Crippen LogP contribution < -0.4 is 0 Å². The Bertz CT molecular complexity index is 1160. The molecule has 4 rings (SSSR count). The summed E-state index contributed by atoms with van der Waals surface area (Å²) in [4.78, 5) is 21.1. The highest BCUT2D eigenvalue weighted by Gasteiger charge is 2.25. The van der Waals surface area contributed by atoms with Crippen molar-refractivity contribution in [2.75, 3.05) is 0 Å². The standard InChI is InChI=1S/C20H15ClN4O2/c1-2-25-19-15(11-23-25)16(13-8-14(21)10-22-9-13)17(20(26)27)18(24-19)12-6-4-3-5-7-12/h3-11H,2H2,1H3,(H,26,27). The molecule has 0 atom stereocenters. The molecule has 0 aliphatic rings. The number of halogens is 1. The largest absolute Gasteiger partial charge is 0.478 e. The Labute approximate surface area is 160 Å². The van der Waals surface area contributed by atoms with E-state index in [1.807, 2.05) is 37.3 Å². The molecule has 3 heterocycles. The van der Waals surface area contributed by atoms with Gasteiger partial charge in [0.1, 0.15) is 0 Å². The molecule has 0 spiro atoms. The first-order valence-electron chi connectivity index (χ1n) is 8.39. The summed E-state index contributed by atoms with van der Waals surface area (Å²) < 4.78 is 1.74. The lowest BCUT2D eigenvalue weighted by Crippen LogP contribution is -2.07. The molecule has 27 heavy (non-hydrogen) atoms. The molecule has 6 nitrogen and oxygen atoms in total.